The summed E-state index contributed by atoms with van der Waals surface area (Å²) in [5, 5.41) is 65.8. The molecule has 2 aliphatic heterocycles. The van der Waals surface area contributed by atoms with Gasteiger partial charge in [0.05, 0.1) is 19.8 Å². The number of rotatable bonds is 5. The molecular formula is C20H30N6O11. The SMILES string of the molecule is Cc1cn([C@@H]2O[C@H](CO)[C@@H](O)[C@H]2O)c(=O)nc1N.Nc1nc(=O)n([C@@H]2O[C@H](CO)[C@@H](O)[C@H]2O)cc1CO. The van der Waals surface area contributed by atoms with Crippen molar-refractivity contribution in [1.82, 2.24) is 19.1 Å². The van der Waals surface area contributed by atoms with E-state index in [0.29, 0.717) is 5.56 Å². The van der Waals surface area contributed by atoms with E-state index in [9.17, 15) is 30.0 Å². The van der Waals surface area contributed by atoms with Crippen molar-refractivity contribution in [2.75, 3.05) is 24.7 Å². The Kier molecular flexibility index (Phi) is 8.95. The quantitative estimate of drug-likeness (QED) is 0.174. The Morgan fingerprint density at radius 1 is 0.784 bits per heavy atom. The van der Waals surface area contributed by atoms with E-state index in [1.165, 1.54) is 12.4 Å². The number of nitrogen functional groups attached to an aromatic ring is 2. The highest BCUT2D eigenvalue weighted by molar-refractivity contribution is 5.36. The van der Waals surface area contributed by atoms with Gasteiger partial charge in [-0.1, -0.05) is 0 Å². The summed E-state index contributed by atoms with van der Waals surface area (Å²) in [4.78, 5) is 30.4. The number of hydrogen-bond acceptors (Lipinski definition) is 15. The molecule has 2 fully saturated rings. The summed E-state index contributed by atoms with van der Waals surface area (Å²) in [7, 11) is 0. The summed E-state index contributed by atoms with van der Waals surface area (Å²) in [6, 6.07) is 0. The van der Waals surface area contributed by atoms with Crippen LogP contribution in [0.25, 0.3) is 0 Å². The third kappa shape index (κ3) is 5.64. The zero-order valence-corrected chi connectivity index (χ0v) is 19.6. The van der Waals surface area contributed by atoms with Gasteiger partial charge in [-0.05, 0) is 6.92 Å². The van der Waals surface area contributed by atoms with Crippen LogP contribution in [0.5, 0.6) is 0 Å². The lowest BCUT2D eigenvalue weighted by Gasteiger charge is -2.18. The summed E-state index contributed by atoms with van der Waals surface area (Å²) in [6.45, 7) is 0.261. The van der Waals surface area contributed by atoms with Crippen LogP contribution in [-0.4, -0.2) is 105 Å². The van der Waals surface area contributed by atoms with E-state index in [-0.39, 0.29) is 17.2 Å². The van der Waals surface area contributed by atoms with Gasteiger partial charge in [-0.25, -0.2) is 9.59 Å². The molecule has 2 saturated heterocycles. The second kappa shape index (κ2) is 11.6. The first-order chi connectivity index (χ1) is 17.4. The van der Waals surface area contributed by atoms with Crippen molar-refractivity contribution in [1.29, 1.82) is 0 Å². The minimum absolute atomic E-state index is 0.1000. The highest BCUT2D eigenvalue weighted by atomic mass is 16.6. The van der Waals surface area contributed by atoms with E-state index in [1.54, 1.807) is 6.92 Å². The van der Waals surface area contributed by atoms with Crippen molar-refractivity contribution in [3.05, 3.63) is 44.5 Å². The zero-order chi connectivity index (χ0) is 27.6. The van der Waals surface area contributed by atoms with Crippen LogP contribution in [0, 0.1) is 6.92 Å². The number of nitrogens with zero attached hydrogens (tertiary/aromatic N) is 4. The van der Waals surface area contributed by atoms with Crippen LogP contribution >= 0.6 is 0 Å². The highest BCUT2D eigenvalue weighted by Crippen LogP contribution is 2.29. The topological polar surface area (TPSA) is 282 Å². The van der Waals surface area contributed by atoms with Crippen molar-refractivity contribution >= 4 is 11.6 Å². The Hall–Kier alpha value is -3.00. The van der Waals surface area contributed by atoms with E-state index in [0.717, 1.165) is 9.13 Å². The Labute approximate surface area is 208 Å². The van der Waals surface area contributed by atoms with Crippen LogP contribution in [0.4, 0.5) is 11.6 Å². The number of ether oxygens (including phenoxy) is 2. The summed E-state index contributed by atoms with van der Waals surface area (Å²) in [5.74, 6) is -0.0153. The normalized spacial score (nSPS) is 31.2. The molecule has 0 aliphatic carbocycles. The van der Waals surface area contributed by atoms with Gasteiger partial charge in [0, 0.05) is 23.5 Å². The largest absolute Gasteiger partial charge is 0.394 e. The second-order valence-corrected chi connectivity index (χ2v) is 8.46. The summed E-state index contributed by atoms with van der Waals surface area (Å²) in [6.07, 6.45) is -6.92. The first-order valence-corrected chi connectivity index (χ1v) is 11.0. The molecule has 17 nitrogen and oxygen atoms in total. The molecule has 4 rings (SSSR count). The number of aryl methyl sites for hydroxylation is 1. The van der Waals surface area contributed by atoms with E-state index in [2.05, 4.69) is 9.97 Å². The fourth-order valence-electron chi connectivity index (χ4n) is 3.81. The molecule has 0 amide bonds. The van der Waals surface area contributed by atoms with Gasteiger partial charge in [0.2, 0.25) is 0 Å². The van der Waals surface area contributed by atoms with E-state index in [1.807, 2.05) is 0 Å². The smallest absolute Gasteiger partial charge is 0.351 e. The van der Waals surface area contributed by atoms with Crippen molar-refractivity contribution in [3.8, 4) is 0 Å². The van der Waals surface area contributed by atoms with Crippen molar-refractivity contribution < 1.29 is 45.2 Å². The van der Waals surface area contributed by atoms with Gasteiger partial charge >= 0.3 is 11.4 Å². The fourth-order valence-corrected chi connectivity index (χ4v) is 3.81. The Morgan fingerprint density at radius 3 is 1.62 bits per heavy atom. The maximum absolute atomic E-state index is 11.7. The molecule has 0 radical (unpaired) electrons. The molecule has 17 heteroatoms. The van der Waals surface area contributed by atoms with Crippen LogP contribution in [0.15, 0.2) is 22.0 Å². The third-order valence-electron chi connectivity index (χ3n) is 5.99. The molecule has 2 aliphatic rings. The molecule has 0 aromatic carbocycles. The van der Waals surface area contributed by atoms with Crippen LogP contribution in [0.2, 0.25) is 0 Å². The lowest BCUT2D eigenvalue weighted by Crippen LogP contribution is -2.36. The van der Waals surface area contributed by atoms with Gasteiger partial charge in [0.15, 0.2) is 12.5 Å². The number of aliphatic hydroxyl groups excluding tert-OH is 7. The molecular weight excluding hydrogens is 500 g/mol. The predicted molar refractivity (Wildman–Crippen MR) is 122 cm³/mol. The lowest BCUT2D eigenvalue weighted by atomic mass is 10.1. The van der Waals surface area contributed by atoms with E-state index >= 15 is 0 Å². The average Bonchev–Trinajstić information content (AvgIpc) is 3.31. The lowest BCUT2D eigenvalue weighted by molar-refractivity contribution is -0.0551. The fraction of sp³-hybridized carbons (Fsp3) is 0.600. The molecule has 206 valence electrons. The Balaban J connectivity index is 0.000000206. The molecule has 4 heterocycles. The number of anilines is 2. The summed E-state index contributed by atoms with van der Waals surface area (Å²) in [5.41, 5.74) is 10.2. The number of aromatic nitrogens is 4. The molecule has 0 bridgehead atoms. The van der Waals surface area contributed by atoms with Crippen LogP contribution in [-0.2, 0) is 16.1 Å². The van der Waals surface area contributed by atoms with Crippen LogP contribution in [0.1, 0.15) is 23.6 Å². The van der Waals surface area contributed by atoms with Crippen LogP contribution < -0.4 is 22.8 Å². The van der Waals surface area contributed by atoms with Crippen molar-refractivity contribution in [2.45, 2.75) is 62.6 Å². The van der Waals surface area contributed by atoms with Gasteiger partial charge in [0.25, 0.3) is 0 Å². The predicted octanol–water partition coefficient (Wildman–Crippen LogP) is -5.33. The van der Waals surface area contributed by atoms with Crippen molar-refractivity contribution in [3.63, 3.8) is 0 Å². The van der Waals surface area contributed by atoms with Gasteiger partial charge in [-0.2, -0.15) is 9.97 Å². The van der Waals surface area contributed by atoms with Crippen molar-refractivity contribution in [2.24, 2.45) is 0 Å². The van der Waals surface area contributed by atoms with E-state index in [4.69, 9.17) is 36.3 Å². The van der Waals surface area contributed by atoms with E-state index < -0.39 is 80.3 Å². The summed E-state index contributed by atoms with van der Waals surface area (Å²) < 4.78 is 12.4. The molecule has 11 N–H and O–H groups in total. The minimum atomic E-state index is -1.40. The van der Waals surface area contributed by atoms with Gasteiger partial charge in [-0.3, -0.25) is 9.13 Å². The molecule has 2 aromatic rings. The Morgan fingerprint density at radius 2 is 1.22 bits per heavy atom. The molecule has 0 saturated carbocycles. The van der Waals surface area contributed by atoms with Gasteiger partial charge < -0.3 is 56.7 Å². The Bertz CT molecular complexity index is 1210. The molecule has 2 aromatic heterocycles. The monoisotopic (exact) mass is 530 g/mol. The minimum Gasteiger partial charge on any atom is -0.394 e. The number of nitrogens with two attached hydrogens (primary N) is 2. The zero-order valence-electron chi connectivity index (χ0n) is 19.6. The number of hydrogen-bond donors (Lipinski definition) is 9. The standard InChI is InChI=1S/C10H15N3O6.C10H15N3O5/c11-8-4(2-14)1-13(10(18)12-8)9-7(17)6(16)5(3-15)19-9;1-4-2-13(10(17)12-8(4)11)9-7(16)6(15)5(3-14)18-9/h1,5-7,9,14-17H,2-3H2,(H2,11,12,18);2,5-7,9,14-16H,3H2,1H3,(H2,11,12,17)/t2*5-,6-,7-,9-/m11/s1. The molecule has 0 unspecified atom stereocenters. The molecule has 8 atom stereocenters. The third-order valence-corrected chi connectivity index (χ3v) is 5.99. The highest BCUT2D eigenvalue weighted by Gasteiger charge is 2.44. The van der Waals surface area contributed by atoms with Gasteiger partial charge in [-0.15, -0.1) is 0 Å². The molecule has 37 heavy (non-hydrogen) atoms. The maximum atomic E-state index is 11.7. The first kappa shape index (κ1) is 28.6. The molecule has 0 spiro atoms. The average molecular weight is 530 g/mol. The maximum Gasteiger partial charge on any atom is 0.351 e. The van der Waals surface area contributed by atoms with Gasteiger partial charge in [0.1, 0.15) is 48.3 Å². The second-order valence-electron chi connectivity index (χ2n) is 8.46. The number of aliphatic hydroxyl groups is 7. The summed E-state index contributed by atoms with van der Waals surface area (Å²) >= 11 is 0. The van der Waals surface area contributed by atoms with Crippen LogP contribution in [0.3, 0.4) is 0 Å². The first-order valence-electron chi connectivity index (χ1n) is 11.0.